The van der Waals surface area contributed by atoms with Crippen LogP contribution in [0.25, 0.3) is 0 Å². The van der Waals surface area contributed by atoms with Gasteiger partial charge in [-0.15, -0.1) is 0 Å². The Hall–Kier alpha value is -2.69. The molecule has 5 heteroatoms. The number of nitrogens with one attached hydrogen (secondary N) is 1. The van der Waals surface area contributed by atoms with Gasteiger partial charge >= 0.3 is 0 Å². The van der Waals surface area contributed by atoms with Crippen LogP contribution in [-0.4, -0.2) is 16.7 Å². The maximum atomic E-state index is 13.2. The summed E-state index contributed by atoms with van der Waals surface area (Å²) in [6.45, 7) is 1.88. The molecular formula is C18H17FN2O2. The molecule has 0 spiro atoms. The van der Waals surface area contributed by atoms with Gasteiger partial charge in [0.1, 0.15) is 11.6 Å². The van der Waals surface area contributed by atoms with E-state index in [0.29, 0.717) is 0 Å². The molecule has 1 amide bonds. The fourth-order valence-corrected chi connectivity index (χ4v) is 2.83. The number of halogens is 1. The lowest BCUT2D eigenvalue weighted by Gasteiger charge is -2.20. The van der Waals surface area contributed by atoms with Crippen molar-refractivity contribution in [3.63, 3.8) is 0 Å². The molecule has 1 aliphatic rings. The second-order valence-corrected chi connectivity index (χ2v) is 5.60. The van der Waals surface area contributed by atoms with Crippen molar-refractivity contribution in [3.8, 4) is 5.75 Å². The maximum Gasteiger partial charge on any atom is 0.271 e. The number of benzene rings is 2. The van der Waals surface area contributed by atoms with Gasteiger partial charge in [-0.1, -0.05) is 6.07 Å². The largest absolute Gasteiger partial charge is 0.508 e. The highest BCUT2D eigenvalue weighted by Gasteiger charge is 2.19. The summed E-state index contributed by atoms with van der Waals surface area (Å²) in [5.41, 5.74) is 6.36. The van der Waals surface area contributed by atoms with E-state index in [2.05, 4.69) is 10.5 Å². The van der Waals surface area contributed by atoms with E-state index in [9.17, 15) is 14.3 Å². The molecule has 2 aromatic carbocycles. The highest BCUT2D eigenvalue weighted by atomic mass is 19.1. The summed E-state index contributed by atoms with van der Waals surface area (Å²) in [5, 5.41) is 14.0. The van der Waals surface area contributed by atoms with Crippen molar-refractivity contribution in [3.05, 3.63) is 64.5 Å². The van der Waals surface area contributed by atoms with Crippen molar-refractivity contribution in [1.29, 1.82) is 0 Å². The lowest BCUT2D eigenvalue weighted by atomic mass is 9.87. The summed E-state index contributed by atoms with van der Waals surface area (Å²) in [6.07, 6.45) is 2.54. The van der Waals surface area contributed by atoms with Crippen molar-refractivity contribution < 1.29 is 14.3 Å². The summed E-state index contributed by atoms with van der Waals surface area (Å²) in [5.74, 6) is -0.632. The number of hydrogen-bond donors (Lipinski definition) is 2. The number of aromatic hydroxyl groups is 1. The van der Waals surface area contributed by atoms with Crippen molar-refractivity contribution >= 4 is 11.6 Å². The van der Waals surface area contributed by atoms with Gasteiger partial charge in [-0.2, -0.15) is 5.10 Å². The first kappa shape index (κ1) is 15.2. The standard InChI is InChI=1S/C18H17FN2O2/c1-11-14-6-3-7-16(15(14)8-9-17(11)22)20-21-18(23)12-4-2-5-13(19)10-12/h2,4-5,8-10,22H,3,6-7H2,1H3,(H,21,23)/b20-16+. The molecule has 0 radical (unpaired) electrons. The number of amides is 1. The first-order chi connectivity index (χ1) is 11.1. The Balaban J connectivity index is 1.85. The van der Waals surface area contributed by atoms with Crippen molar-refractivity contribution in [2.75, 3.05) is 0 Å². The van der Waals surface area contributed by atoms with Crippen LogP contribution in [0.1, 0.15) is 39.9 Å². The highest BCUT2D eigenvalue weighted by Crippen LogP contribution is 2.29. The molecule has 2 aromatic rings. The zero-order valence-corrected chi connectivity index (χ0v) is 12.8. The van der Waals surface area contributed by atoms with E-state index in [1.807, 2.05) is 13.0 Å². The minimum Gasteiger partial charge on any atom is -0.508 e. The summed E-state index contributed by atoms with van der Waals surface area (Å²) < 4.78 is 13.2. The second-order valence-electron chi connectivity index (χ2n) is 5.60. The molecule has 0 atom stereocenters. The molecule has 0 heterocycles. The Morgan fingerprint density at radius 3 is 2.87 bits per heavy atom. The zero-order chi connectivity index (χ0) is 16.4. The van der Waals surface area contributed by atoms with Crippen LogP contribution in [0.2, 0.25) is 0 Å². The van der Waals surface area contributed by atoms with E-state index in [4.69, 9.17) is 0 Å². The molecule has 23 heavy (non-hydrogen) atoms. The van der Waals surface area contributed by atoms with Gasteiger partial charge in [-0.3, -0.25) is 4.79 Å². The van der Waals surface area contributed by atoms with E-state index in [1.165, 1.54) is 24.3 Å². The summed E-state index contributed by atoms with van der Waals surface area (Å²) >= 11 is 0. The van der Waals surface area contributed by atoms with Crippen LogP contribution in [0.3, 0.4) is 0 Å². The van der Waals surface area contributed by atoms with Crippen LogP contribution in [0.4, 0.5) is 4.39 Å². The van der Waals surface area contributed by atoms with Gasteiger partial charge in [0.25, 0.3) is 5.91 Å². The highest BCUT2D eigenvalue weighted by molar-refractivity contribution is 6.04. The molecule has 0 bridgehead atoms. The number of phenolic OH excluding ortho intramolecular Hbond substituents is 1. The number of fused-ring (bicyclic) bond motifs is 1. The SMILES string of the molecule is Cc1c(O)ccc2c1CCC/C2=N\NC(=O)c1cccc(F)c1. The molecule has 118 valence electrons. The molecule has 0 aromatic heterocycles. The fourth-order valence-electron chi connectivity index (χ4n) is 2.83. The van der Waals surface area contributed by atoms with Crippen molar-refractivity contribution in [2.45, 2.75) is 26.2 Å². The Bertz CT molecular complexity index is 800. The molecule has 3 rings (SSSR count). The number of carbonyl (C=O) groups is 1. The number of phenols is 1. The average molecular weight is 312 g/mol. The third-order valence-electron chi connectivity index (χ3n) is 4.10. The number of hydrogen-bond acceptors (Lipinski definition) is 3. The van der Waals surface area contributed by atoms with Crippen LogP contribution in [-0.2, 0) is 6.42 Å². The first-order valence-electron chi connectivity index (χ1n) is 7.50. The fraction of sp³-hybridized carbons (Fsp3) is 0.222. The topological polar surface area (TPSA) is 61.7 Å². The summed E-state index contributed by atoms with van der Waals surface area (Å²) in [4.78, 5) is 12.0. The van der Waals surface area contributed by atoms with Gasteiger partial charge in [-0.05, 0) is 67.6 Å². The number of hydrazone groups is 1. The average Bonchev–Trinajstić information content (AvgIpc) is 2.56. The third-order valence-corrected chi connectivity index (χ3v) is 4.10. The molecule has 2 N–H and O–H groups in total. The normalized spacial score (nSPS) is 15.3. The van der Waals surface area contributed by atoms with Gasteiger partial charge in [0.2, 0.25) is 0 Å². The van der Waals surface area contributed by atoms with Crippen LogP contribution in [0, 0.1) is 12.7 Å². The van der Waals surface area contributed by atoms with Gasteiger partial charge in [0.15, 0.2) is 0 Å². The Labute approximate surface area is 133 Å². The van der Waals surface area contributed by atoms with Crippen molar-refractivity contribution in [1.82, 2.24) is 5.43 Å². The molecule has 0 aliphatic heterocycles. The van der Waals surface area contributed by atoms with Crippen LogP contribution >= 0.6 is 0 Å². The minimum atomic E-state index is -0.459. The monoisotopic (exact) mass is 312 g/mol. The van der Waals surface area contributed by atoms with Crippen LogP contribution in [0.5, 0.6) is 5.75 Å². The summed E-state index contributed by atoms with van der Waals surface area (Å²) in [6, 6.07) is 8.95. The van der Waals surface area contributed by atoms with Crippen LogP contribution in [0.15, 0.2) is 41.5 Å². The first-order valence-corrected chi connectivity index (χ1v) is 7.50. The molecular weight excluding hydrogens is 295 g/mol. The van der Waals surface area contributed by atoms with Gasteiger partial charge in [-0.25, -0.2) is 9.82 Å². The van der Waals surface area contributed by atoms with E-state index < -0.39 is 11.7 Å². The lowest BCUT2D eigenvalue weighted by molar-refractivity contribution is 0.0954. The molecule has 4 nitrogen and oxygen atoms in total. The van der Waals surface area contributed by atoms with Crippen molar-refractivity contribution in [2.24, 2.45) is 5.10 Å². The molecule has 0 fully saturated rings. The van der Waals surface area contributed by atoms with E-state index >= 15 is 0 Å². The van der Waals surface area contributed by atoms with Gasteiger partial charge in [0, 0.05) is 11.1 Å². The Morgan fingerprint density at radius 2 is 2.09 bits per heavy atom. The smallest absolute Gasteiger partial charge is 0.271 e. The number of carbonyl (C=O) groups excluding carboxylic acids is 1. The molecule has 1 aliphatic carbocycles. The van der Waals surface area contributed by atoms with Gasteiger partial charge in [0.05, 0.1) is 5.71 Å². The zero-order valence-electron chi connectivity index (χ0n) is 12.8. The van der Waals surface area contributed by atoms with Crippen LogP contribution < -0.4 is 5.43 Å². The van der Waals surface area contributed by atoms with E-state index in [-0.39, 0.29) is 11.3 Å². The van der Waals surface area contributed by atoms with E-state index in [0.717, 1.165) is 41.7 Å². The second kappa shape index (κ2) is 6.20. The van der Waals surface area contributed by atoms with Gasteiger partial charge < -0.3 is 5.11 Å². The predicted molar refractivity (Wildman–Crippen MR) is 86.2 cm³/mol. The minimum absolute atomic E-state index is 0.229. The molecule has 0 unspecified atom stereocenters. The Morgan fingerprint density at radius 1 is 1.26 bits per heavy atom. The third kappa shape index (κ3) is 3.08. The lowest BCUT2D eigenvalue weighted by Crippen LogP contribution is -2.22. The van der Waals surface area contributed by atoms with E-state index in [1.54, 1.807) is 6.07 Å². The number of rotatable bonds is 2. The quantitative estimate of drug-likeness (QED) is 0.836. The summed E-state index contributed by atoms with van der Waals surface area (Å²) in [7, 11) is 0. The molecule has 0 saturated carbocycles. The molecule has 0 saturated heterocycles. The maximum absolute atomic E-state index is 13.2. The number of nitrogens with zero attached hydrogens (tertiary/aromatic N) is 1. The predicted octanol–water partition coefficient (Wildman–Crippen LogP) is 3.31. The Kier molecular flexibility index (Phi) is 4.10.